The molecule has 0 fully saturated rings. The van der Waals surface area contributed by atoms with Crippen molar-refractivity contribution in [3.63, 3.8) is 0 Å². The van der Waals surface area contributed by atoms with Crippen LogP contribution in [0.3, 0.4) is 0 Å². The first kappa shape index (κ1) is 29.9. The highest BCUT2D eigenvalue weighted by molar-refractivity contribution is 7.90. The first-order valence-corrected chi connectivity index (χ1v) is 15.3. The lowest BCUT2D eigenvalue weighted by molar-refractivity contribution is 0.132. The maximum atomic E-state index is 12.2. The molecule has 0 saturated heterocycles. The van der Waals surface area contributed by atoms with E-state index in [0.29, 0.717) is 60.5 Å². The molecule has 0 aliphatic heterocycles. The van der Waals surface area contributed by atoms with E-state index in [1.54, 1.807) is 49.4 Å². The van der Waals surface area contributed by atoms with E-state index in [4.69, 9.17) is 18.9 Å². The van der Waals surface area contributed by atoms with Gasteiger partial charge >= 0.3 is 0 Å². The predicted octanol–water partition coefficient (Wildman–Crippen LogP) is 4.13. The molecular weight excluding hydrogens is 572 g/mol. The van der Waals surface area contributed by atoms with Gasteiger partial charge in [0.2, 0.25) is 0 Å². The fourth-order valence-electron chi connectivity index (χ4n) is 4.43. The fraction of sp³-hybridized carbons (Fsp3) is 0.267. The highest BCUT2D eigenvalue weighted by Crippen LogP contribution is 2.35. The van der Waals surface area contributed by atoms with Crippen molar-refractivity contribution in [3.05, 3.63) is 78.8 Å². The molecule has 3 aromatic carbocycles. The molecule has 12 nitrogen and oxygen atoms in total. The zero-order valence-electron chi connectivity index (χ0n) is 24.1. The minimum absolute atomic E-state index is 0.271. The molecule has 0 unspecified atom stereocenters. The number of rotatable bonds is 14. The van der Waals surface area contributed by atoms with Crippen LogP contribution in [-0.2, 0) is 25.9 Å². The van der Waals surface area contributed by atoms with E-state index < -0.39 is 9.84 Å². The van der Waals surface area contributed by atoms with Crippen LogP contribution in [0, 0.1) is 0 Å². The van der Waals surface area contributed by atoms with Gasteiger partial charge in [-0.2, -0.15) is 0 Å². The van der Waals surface area contributed by atoms with Crippen LogP contribution in [-0.4, -0.2) is 80.3 Å². The van der Waals surface area contributed by atoms with Crippen molar-refractivity contribution in [3.8, 4) is 22.8 Å². The van der Waals surface area contributed by atoms with Crippen LogP contribution < -0.4 is 14.8 Å². The summed E-state index contributed by atoms with van der Waals surface area (Å²) in [7, 11) is -0.145. The second-order valence-corrected chi connectivity index (χ2v) is 11.6. The van der Waals surface area contributed by atoms with Gasteiger partial charge in [0, 0.05) is 43.2 Å². The maximum absolute atomic E-state index is 12.2. The lowest BCUT2D eigenvalue weighted by Gasteiger charge is -2.15. The highest BCUT2D eigenvalue weighted by Gasteiger charge is 2.15. The molecule has 0 bridgehead atoms. The van der Waals surface area contributed by atoms with Crippen LogP contribution in [0.2, 0.25) is 0 Å². The minimum atomic E-state index is -3.37. The zero-order chi connectivity index (χ0) is 30.2. The third kappa shape index (κ3) is 7.44. The average Bonchev–Trinajstić information content (AvgIpc) is 3.46. The van der Waals surface area contributed by atoms with Gasteiger partial charge in [0.25, 0.3) is 0 Å². The Morgan fingerprint density at radius 1 is 0.860 bits per heavy atom. The Kier molecular flexibility index (Phi) is 9.45. The van der Waals surface area contributed by atoms with Gasteiger partial charge in [-0.05, 0) is 29.8 Å². The highest BCUT2D eigenvalue weighted by atomic mass is 32.2. The molecule has 2 heterocycles. The number of nitrogens with zero attached hydrogens (tertiary/aromatic N) is 5. The van der Waals surface area contributed by atoms with E-state index in [2.05, 4.69) is 25.6 Å². The van der Waals surface area contributed by atoms with Gasteiger partial charge in [-0.25, -0.2) is 23.1 Å². The van der Waals surface area contributed by atoms with Crippen LogP contribution in [0.25, 0.3) is 22.2 Å². The number of nitrogens with one attached hydrogen (secondary N) is 1. The first-order valence-electron chi connectivity index (χ1n) is 13.4. The van der Waals surface area contributed by atoms with Crippen LogP contribution in [0.1, 0.15) is 5.56 Å². The average molecular weight is 605 g/mol. The number of methoxy groups -OCH3 is 2. The molecule has 5 aromatic rings. The molecule has 0 saturated carbocycles. The summed E-state index contributed by atoms with van der Waals surface area (Å²) < 4.78 is 48.1. The number of fused-ring (bicyclic) bond motifs is 1. The van der Waals surface area contributed by atoms with Gasteiger partial charge in [0.1, 0.15) is 31.1 Å². The van der Waals surface area contributed by atoms with E-state index in [-0.39, 0.29) is 11.4 Å². The molecule has 0 aliphatic rings. The van der Waals surface area contributed by atoms with Crippen LogP contribution in [0.15, 0.2) is 78.1 Å². The Bertz CT molecular complexity index is 1810. The number of benzene rings is 3. The summed E-state index contributed by atoms with van der Waals surface area (Å²) in [6, 6.07) is 18.2. The number of anilines is 2. The SMILES string of the molecule is COCCOc1cc2ncnc(Nc3cccc(-c4cn(Cc5ccccc5S(C)(=O)=O)nn4)c3)c2cc1OCCOC. The number of ether oxygens (including phenoxy) is 4. The van der Waals surface area contributed by atoms with Gasteiger partial charge in [0.15, 0.2) is 21.3 Å². The third-order valence-corrected chi connectivity index (χ3v) is 7.65. The van der Waals surface area contributed by atoms with E-state index >= 15 is 0 Å². The van der Waals surface area contributed by atoms with Crippen molar-refractivity contribution >= 4 is 32.2 Å². The molecule has 224 valence electrons. The van der Waals surface area contributed by atoms with Crippen molar-refractivity contribution in [1.29, 1.82) is 0 Å². The summed E-state index contributed by atoms with van der Waals surface area (Å²) in [6.45, 7) is 1.84. The van der Waals surface area contributed by atoms with Crippen molar-refractivity contribution in [2.75, 3.05) is 52.2 Å². The normalized spacial score (nSPS) is 11.5. The molecule has 1 N–H and O–H groups in total. The van der Waals surface area contributed by atoms with Crippen LogP contribution in [0.4, 0.5) is 11.5 Å². The van der Waals surface area contributed by atoms with Crippen molar-refractivity contribution in [2.45, 2.75) is 11.4 Å². The second-order valence-electron chi connectivity index (χ2n) is 9.61. The Morgan fingerprint density at radius 3 is 2.35 bits per heavy atom. The molecule has 0 spiro atoms. The van der Waals surface area contributed by atoms with Gasteiger partial charge in [-0.15, -0.1) is 5.10 Å². The molecule has 0 radical (unpaired) electrons. The van der Waals surface area contributed by atoms with E-state index in [1.807, 2.05) is 36.4 Å². The Hall–Kier alpha value is -4.59. The van der Waals surface area contributed by atoms with Gasteiger partial charge in [-0.1, -0.05) is 35.5 Å². The van der Waals surface area contributed by atoms with Gasteiger partial charge in [0.05, 0.1) is 36.4 Å². The summed E-state index contributed by atoms with van der Waals surface area (Å²) in [5.74, 6) is 1.68. The molecule has 13 heteroatoms. The van der Waals surface area contributed by atoms with E-state index in [0.717, 1.165) is 16.6 Å². The number of sulfone groups is 1. The molecule has 0 aliphatic carbocycles. The Balaban J connectivity index is 1.39. The van der Waals surface area contributed by atoms with Crippen molar-refractivity contribution < 1.29 is 27.4 Å². The summed E-state index contributed by atoms with van der Waals surface area (Å²) in [6.07, 6.45) is 4.47. The number of hydrogen-bond acceptors (Lipinski definition) is 11. The Morgan fingerprint density at radius 2 is 1.60 bits per heavy atom. The molecule has 5 rings (SSSR count). The second kappa shape index (κ2) is 13.6. The minimum Gasteiger partial charge on any atom is -0.487 e. The van der Waals surface area contributed by atoms with E-state index in [9.17, 15) is 8.42 Å². The third-order valence-electron chi connectivity index (χ3n) is 6.46. The quantitative estimate of drug-likeness (QED) is 0.183. The lowest BCUT2D eigenvalue weighted by atomic mass is 10.1. The molecular formula is C30H32N6O6S. The zero-order valence-corrected chi connectivity index (χ0v) is 24.9. The molecule has 0 atom stereocenters. The summed E-state index contributed by atoms with van der Waals surface area (Å²) >= 11 is 0. The summed E-state index contributed by atoms with van der Waals surface area (Å²) in [5, 5.41) is 12.7. The number of hydrogen-bond donors (Lipinski definition) is 1. The predicted molar refractivity (Wildman–Crippen MR) is 162 cm³/mol. The van der Waals surface area contributed by atoms with Gasteiger partial charge < -0.3 is 24.3 Å². The fourth-order valence-corrected chi connectivity index (χ4v) is 5.37. The smallest absolute Gasteiger partial charge is 0.175 e. The van der Waals surface area contributed by atoms with Crippen molar-refractivity contribution in [2.24, 2.45) is 0 Å². The summed E-state index contributed by atoms with van der Waals surface area (Å²) in [4.78, 5) is 9.19. The van der Waals surface area contributed by atoms with Gasteiger partial charge in [-0.3, -0.25) is 0 Å². The number of aromatic nitrogens is 5. The van der Waals surface area contributed by atoms with Crippen LogP contribution in [0.5, 0.6) is 11.5 Å². The van der Waals surface area contributed by atoms with Crippen LogP contribution >= 0.6 is 0 Å². The first-order chi connectivity index (χ1) is 20.9. The monoisotopic (exact) mass is 604 g/mol. The van der Waals surface area contributed by atoms with E-state index in [1.165, 1.54) is 12.6 Å². The maximum Gasteiger partial charge on any atom is 0.175 e. The summed E-state index contributed by atoms with van der Waals surface area (Å²) in [5.41, 5.74) is 3.56. The molecule has 0 amide bonds. The lowest BCUT2D eigenvalue weighted by Crippen LogP contribution is -2.09. The standard InChI is InChI=1S/C30H32N6O6S/c1-39-11-13-41-27-16-24-25(17-28(27)42-14-12-40-2)31-20-32-30(24)33-23-9-6-8-21(15-23)26-19-36(35-34-26)18-22-7-4-5-10-29(22)43(3,37)38/h4-10,15-17,19-20H,11-14,18H2,1-3H3,(H,31,32,33). The Labute approximate surface area is 249 Å². The van der Waals surface area contributed by atoms with Crippen molar-refractivity contribution in [1.82, 2.24) is 25.0 Å². The largest absolute Gasteiger partial charge is 0.487 e. The molecule has 43 heavy (non-hydrogen) atoms. The topological polar surface area (TPSA) is 140 Å². The molecule has 2 aromatic heterocycles.